The lowest BCUT2D eigenvalue weighted by atomic mass is 9.88. The Morgan fingerprint density at radius 2 is 1.86 bits per heavy atom. The average molecular weight is 288 g/mol. The van der Waals surface area contributed by atoms with Crippen LogP contribution in [0.15, 0.2) is 42.5 Å². The Morgan fingerprint density at radius 1 is 1.10 bits per heavy atom. The second-order valence-electron chi connectivity index (χ2n) is 5.50. The van der Waals surface area contributed by atoms with E-state index in [9.17, 15) is 8.78 Å². The van der Waals surface area contributed by atoms with Gasteiger partial charge in [-0.3, -0.25) is 0 Å². The van der Waals surface area contributed by atoms with Gasteiger partial charge in [-0.25, -0.2) is 8.78 Å². The summed E-state index contributed by atoms with van der Waals surface area (Å²) in [7, 11) is 0. The molecule has 2 nitrogen and oxygen atoms in total. The first-order valence-electron chi connectivity index (χ1n) is 7.14. The molecule has 0 aliphatic heterocycles. The molecule has 2 aromatic rings. The highest BCUT2D eigenvalue weighted by Crippen LogP contribution is 2.31. The van der Waals surface area contributed by atoms with E-state index >= 15 is 0 Å². The van der Waals surface area contributed by atoms with Crippen LogP contribution in [0.2, 0.25) is 0 Å². The third-order valence-electron chi connectivity index (χ3n) is 4.02. The first-order chi connectivity index (χ1) is 10.1. The molecular weight excluding hydrogens is 270 g/mol. The monoisotopic (exact) mass is 288 g/mol. The number of anilines is 2. The van der Waals surface area contributed by atoms with E-state index in [-0.39, 0.29) is 11.6 Å². The Hall–Kier alpha value is -2.10. The van der Waals surface area contributed by atoms with E-state index in [1.54, 1.807) is 12.1 Å². The SMILES string of the molecule is Nc1ccc(NC2CCc3ccccc3C2)c(C(F)F)c1. The number of hydrogen-bond acceptors (Lipinski definition) is 2. The topological polar surface area (TPSA) is 38.0 Å². The molecule has 3 rings (SSSR count). The van der Waals surface area contributed by atoms with Crippen molar-refractivity contribution in [2.45, 2.75) is 31.7 Å². The molecule has 110 valence electrons. The zero-order valence-corrected chi connectivity index (χ0v) is 11.7. The Kier molecular flexibility index (Phi) is 3.78. The number of halogens is 2. The third kappa shape index (κ3) is 2.99. The number of aryl methyl sites for hydroxylation is 1. The molecule has 0 radical (unpaired) electrons. The molecule has 0 aromatic heterocycles. The lowest BCUT2D eigenvalue weighted by Crippen LogP contribution is -2.27. The van der Waals surface area contributed by atoms with Crippen molar-refractivity contribution in [2.24, 2.45) is 0 Å². The van der Waals surface area contributed by atoms with Crippen molar-refractivity contribution in [3.63, 3.8) is 0 Å². The number of fused-ring (bicyclic) bond motifs is 1. The number of benzene rings is 2. The predicted molar refractivity (Wildman–Crippen MR) is 81.7 cm³/mol. The minimum absolute atomic E-state index is 0.0196. The fourth-order valence-corrected chi connectivity index (χ4v) is 2.93. The zero-order valence-electron chi connectivity index (χ0n) is 11.7. The van der Waals surface area contributed by atoms with Crippen LogP contribution >= 0.6 is 0 Å². The van der Waals surface area contributed by atoms with E-state index in [4.69, 9.17) is 5.73 Å². The molecule has 0 fully saturated rings. The van der Waals surface area contributed by atoms with Crippen LogP contribution in [0.25, 0.3) is 0 Å². The molecule has 3 N–H and O–H groups in total. The number of nitrogen functional groups attached to an aromatic ring is 1. The van der Waals surface area contributed by atoms with Crippen LogP contribution in [0.5, 0.6) is 0 Å². The van der Waals surface area contributed by atoms with Gasteiger partial charge in [-0.1, -0.05) is 24.3 Å². The summed E-state index contributed by atoms with van der Waals surface area (Å²) in [4.78, 5) is 0. The van der Waals surface area contributed by atoms with Crippen LogP contribution in [-0.4, -0.2) is 6.04 Å². The Balaban J connectivity index is 1.79. The van der Waals surface area contributed by atoms with Crippen LogP contribution in [-0.2, 0) is 12.8 Å². The first kappa shape index (κ1) is 13.9. The van der Waals surface area contributed by atoms with Gasteiger partial charge in [0, 0.05) is 23.0 Å². The second-order valence-corrected chi connectivity index (χ2v) is 5.50. The molecule has 2 aromatic carbocycles. The normalized spacial score (nSPS) is 17.6. The van der Waals surface area contributed by atoms with Crippen molar-refractivity contribution in [1.29, 1.82) is 0 Å². The standard InChI is InChI=1S/C17H18F2N2/c18-17(19)15-10-13(20)6-8-16(15)21-14-7-5-11-3-1-2-4-12(11)9-14/h1-4,6,8,10,14,17,21H,5,7,9,20H2. The molecule has 0 spiro atoms. The predicted octanol–water partition coefficient (Wildman–Crippen LogP) is 4.18. The smallest absolute Gasteiger partial charge is 0.265 e. The van der Waals surface area contributed by atoms with Crippen molar-refractivity contribution < 1.29 is 8.78 Å². The number of rotatable bonds is 3. The maximum Gasteiger partial charge on any atom is 0.265 e. The largest absolute Gasteiger partial charge is 0.399 e. The minimum Gasteiger partial charge on any atom is -0.399 e. The fraction of sp³-hybridized carbons (Fsp3) is 0.294. The van der Waals surface area contributed by atoms with Crippen molar-refractivity contribution in [3.05, 3.63) is 59.2 Å². The van der Waals surface area contributed by atoms with Gasteiger partial charge in [0.2, 0.25) is 0 Å². The zero-order chi connectivity index (χ0) is 14.8. The summed E-state index contributed by atoms with van der Waals surface area (Å²) in [6.07, 6.45) is 0.270. The summed E-state index contributed by atoms with van der Waals surface area (Å²) in [5, 5.41) is 3.26. The van der Waals surface area contributed by atoms with Gasteiger partial charge >= 0.3 is 0 Å². The van der Waals surface area contributed by atoms with Gasteiger partial charge in [-0.2, -0.15) is 0 Å². The van der Waals surface area contributed by atoms with E-state index in [0.717, 1.165) is 19.3 Å². The van der Waals surface area contributed by atoms with Gasteiger partial charge in [0.15, 0.2) is 0 Å². The Bertz CT molecular complexity index is 640. The second kappa shape index (κ2) is 5.72. The molecule has 0 amide bonds. The number of nitrogens with two attached hydrogens (primary N) is 1. The lowest BCUT2D eigenvalue weighted by molar-refractivity contribution is 0.152. The molecule has 1 atom stereocenters. The summed E-state index contributed by atoms with van der Waals surface area (Å²) >= 11 is 0. The molecule has 0 saturated carbocycles. The molecule has 0 heterocycles. The van der Waals surface area contributed by atoms with Crippen molar-refractivity contribution in [3.8, 4) is 0 Å². The number of hydrogen-bond donors (Lipinski definition) is 2. The Labute approximate surface area is 123 Å². The van der Waals surface area contributed by atoms with Gasteiger partial charge in [0.25, 0.3) is 6.43 Å². The van der Waals surface area contributed by atoms with E-state index in [2.05, 4.69) is 17.4 Å². The van der Waals surface area contributed by atoms with Crippen LogP contribution in [0.4, 0.5) is 20.2 Å². The quantitative estimate of drug-likeness (QED) is 0.832. The number of alkyl halides is 2. The highest BCUT2D eigenvalue weighted by molar-refractivity contribution is 5.59. The van der Waals surface area contributed by atoms with Gasteiger partial charge in [-0.05, 0) is 48.6 Å². The summed E-state index contributed by atoms with van der Waals surface area (Å²) in [6.45, 7) is 0. The molecule has 0 bridgehead atoms. The fourth-order valence-electron chi connectivity index (χ4n) is 2.93. The van der Waals surface area contributed by atoms with Crippen molar-refractivity contribution in [2.75, 3.05) is 11.1 Å². The molecule has 1 aliphatic carbocycles. The maximum absolute atomic E-state index is 13.1. The highest BCUT2D eigenvalue weighted by atomic mass is 19.3. The van der Waals surface area contributed by atoms with Crippen molar-refractivity contribution >= 4 is 11.4 Å². The molecular formula is C17H18F2N2. The Morgan fingerprint density at radius 3 is 2.62 bits per heavy atom. The minimum atomic E-state index is -2.52. The summed E-state index contributed by atoms with van der Waals surface area (Å²) < 4.78 is 26.2. The van der Waals surface area contributed by atoms with Crippen LogP contribution in [0.3, 0.4) is 0 Å². The molecule has 0 saturated heterocycles. The van der Waals surface area contributed by atoms with Crippen LogP contribution < -0.4 is 11.1 Å². The van der Waals surface area contributed by atoms with E-state index in [0.29, 0.717) is 11.4 Å². The summed E-state index contributed by atoms with van der Waals surface area (Å²) in [5.41, 5.74) is 9.10. The molecule has 1 aliphatic rings. The van der Waals surface area contributed by atoms with E-state index in [1.807, 2.05) is 12.1 Å². The van der Waals surface area contributed by atoms with Crippen molar-refractivity contribution in [1.82, 2.24) is 0 Å². The van der Waals surface area contributed by atoms with Gasteiger partial charge in [-0.15, -0.1) is 0 Å². The summed E-state index contributed by atoms with van der Waals surface area (Å²) in [5.74, 6) is 0. The molecule has 21 heavy (non-hydrogen) atoms. The average Bonchev–Trinajstić information content (AvgIpc) is 2.49. The van der Waals surface area contributed by atoms with Crippen LogP contribution in [0, 0.1) is 0 Å². The van der Waals surface area contributed by atoms with E-state index < -0.39 is 6.43 Å². The first-order valence-corrected chi connectivity index (χ1v) is 7.14. The number of nitrogens with one attached hydrogen (secondary N) is 1. The van der Waals surface area contributed by atoms with E-state index in [1.165, 1.54) is 17.2 Å². The van der Waals surface area contributed by atoms with Gasteiger partial charge < -0.3 is 11.1 Å². The lowest BCUT2D eigenvalue weighted by Gasteiger charge is -2.27. The summed E-state index contributed by atoms with van der Waals surface area (Å²) in [6, 6.07) is 13.2. The van der Waals surface area contributed by atoms with Crippen LogP contribution in [0.1, 0.15) is 29.5 Å². The van der Waals surface area contributed by atoms with Gasteiger partial charge in [0.1, 0.15) is 0 Å². The highest BCUT2D eigenvalue weighted by Gasteiger charge is 2.20. The molecule has 1 unspecified atom stereocenters. The maximum atomic E-state index is 13.1. The van der Waals surface area contributed by atoms with Gasteiger partial charge in [0.05, 0.1) is 0 Å². The third-order valence-corrected chi connectivity index (χ3v) is 4.02. The molecule has 4 heteroatoms.